The Balaban J connectivity index is 1.20. The topological polar surface area (TPSA) is 40.5 Å². The molecule has 2 aliphatic rings. The summed E-state index contributed by atoms with van der Waals surface area (Å²) in [6.45, 7) is 9.34. The summed E-state index contributed by atoms with van der Waals surface area (Å²) in [6.07, 6.45) is 0. The van der Waals surface area contributed by atoms with Gasteiger partial charge in [0, 0.05) is 10.8 Å². The third kappa shape index (κ3) is 4.50. The molecule has 288 valence electrons. The fourth-order valence-electron chi connectivity index (χ4n) is 11.4. The Morgan fingerprint density at radius 3 is 0.983 bits per heavy atom. The first-order valence-corrected chi connectivity index (χ1v) is 21.1. The fraction of sp³-hybridized carbons (Fsp3) is 0.138. The van der Waals surface area contributed by atoms with Crippen molar-refractivity contribution in [1.29, 1.82) is 0 Å². The maximum Gasteiger partial charge on any atom is 0.141 e. The Morgan fingerprint density at radius 1 is 0.267 bits per heavy atom. The van der Waals surface area contributed by atoms with Gasteiger partial charge in [-0.05, 0) is 134 Å². The van der Waals surface area contributed by atoms with E-state index in [9.17, 15) is 10.2 Å². The lowest BCUT2D eigenvalue weighted by atomic mass is 9.56. The molecular formula is C58H44O2. The molecule has 2 N–H and O–H groups in total. The molecule has 10 aromatic rings. The van der Waals surface area contributed by atoms with Crippen LogP contribution in [0.3, 0.4) is 0 Å². The summed E-state index contributed by atoms with van der Waals surface area (Å²) in [5.74, 6) is 0. The van der Waals surface area contributed by atoms with Gasteiger partial charge < -0.3 is 10.2 Å². The van der Waals surface area contributed by atoms with Gasteiger partial charge in [-0.2, -0.15) is 0 Å². The Morgan fingerprint density at radius 2 is 0.583 bits per heavy atom. The van der Waals surface area contributed by atoms with Crippen LogP contribution in [0.15, 0.2) is 182 Å². The largest absolute Gasteiger partial charge is 0.376 e. The summed E-state index contributed by atoms with van der Waals surface area (Å²) in [6, 6.07) is 64.2. The number of aliphatic hydroxyl groups is 2. The Kier molecular flexibility index (Phi) is 7.08. The molecule has 0 aliphatic heterocycles. The van der Waals surface area contributed by atoms with Crippen LogP contribution in [0, 0.1) is 0 Å². The zero-order valence-electron chi connectivity index (χ0n) is 34.2. The molecular weight excluding hydrogens is 729 g/mol. The van der Waals surface area contributed by atoms with E-state index < -0.39 is 22.0 Å². The molecule has 10 aromatic carbocycles. The van der Waals surface area contributed by atoms with Crippen molar-refractivity contribution in [3.8, 4) is 0 Å². The second-order valence-electron chi connectivity index (χ2n) is 18.3. The van der Waals surface area contributed by atoms with Crippen LogP contribution in [0.5, 0.6) is 0 Å². The molecule has 0 saturated carbocycles. The van der Waals surface area contributed by atoms with Crippen LogP contribution in [0.4, 0.5) is 0 Å². The first-order valence-electron chi connectivity index (χ1n) is 21.1. The predicted octanol–water partition coefficient (Wildman–Crippen LogP) is 13.3. The van der Waals surface area contributed by atoms with Gasteiger partial charge in [0.1, 0.15) is 11.2 Å². The summed E-state index contributed by atoms with van der Waals surface area (Å²) < 4.78 is 0. The molecule has 2 heteroatoms. The standard InChI is InChI=1S/C58H44O2/c1-55(2)49-31-45-43-21-11-9-19-41(43)42-20-10-12-22-44(42)46(45)32-50(49)56(3,4)52-34-54-53(33-51(52)55)57(59,39-27-25-35-15-5-7-17-37(35)29-39)47-23-13-14-24-48(47)58(54,60)40-28-26-36-16-6-8-18-38(36)30-40/h5-34,59-60H,1-4H3. The van der Waals surface area contributed by atoms with Gasteiger partial charge in [-0.1, -0.05) is 185 Å². The van der Waals surface area contributed by atoms with Gasteiger partial charge >= 0.3 is 0 Å². The lowest BCUT2D eigenvalue weighted by Gasteiger charge is -2.49. The molecule has 2 atom stereocenters. The molecule has 0 bridgehead atoms. The van der Waals surface area contributed by atoms with Crippen LogP contribution in [-0.2, 0) is 22.0 Å². The van der Waals surface area contributed by atoms with E-state index in [1.54, 1.807) is 0 Å². The fourth-order valence-corrected chi connectivity index (χ4v) is 11.4. The molecule has 60 heavy (non-hydrogen) atoms. The second kappa shape index (κ2) is 12.0. The average Bonchev–Trinajstić information content (AvgIpc) is 3.29. The van der Waals surface area contributed by atoms with Crippen molar-refractivity contribution in [3.63, 3.8) is 0 Å². The minimum atomic E-state index is -1.58. The van der Waals surface area contributed by atoms with Gasteiger partial charge in [-0.3, -0.25) is 0 Å². The van der Waals surface area contributed by atoms with Crippen LogP contribution in [0.2, 0.25) is 0 Å². The lowest BCUT2D eigenvalue weighted by molar-refractivity contribution is 0.0745. The quantitative estimate of drug-likeness (QED) is 0.172. The summed E-state index contributed by atoms with van der Waals surface area (Å²) >= 11 is 0. The van der Waals surface area contributed by atoms with Crippen molar-refractivity contribution in [2.75, 3.05) is 0 Å². The Bertz CT molecular complexity index is 3250. The van der Waals surface area contributed by atoms with E-state index in [0.717, 1.165) is 43.8 Å². The molecule has 0 radical (unpaired) electrons. The summed E-state index contributed by atoms with van der Waals surface area (Å²) in [5, 5.41) is 39.7. The van der Waals surface area contributed by atoms with Crippen molar-refractivity contribution in [1.82, 2.24) is 0 Å². The van der Waals surface area contributed by atoms with Crippen LogP contribution < -0.4 is 0 Å². The van der Waals surface area contributed by atoms with Gasteiger partial charge in [-0.15, -0.1) is 0 Å². The van der Waals surface area contributed by atoms with Gasteiger partial charge in [0.2, 0.25) is 0 Å². The number of benzene rings is 10. The minimum absolute atomic E-state index is 0.460. The minimum Gasteiger partial charge on any atom is -0.376 e. The van der Waals surface area contributed by atoms with E-state index in [1.165, 1.54) is 43.4 Å². The predicted molar refractivity (Wildman–Crippen MR) is 248 cm³/mol. The van der Waals surface area contributed by atoms with Gasteiger partial charge in [0.25, 0.3) is 0 Å². The number of rotatable bonds is 2. The number of hydrogen-bond donors (Lipinski definition) is 2. The first kappa shape index (κ1) is 35.4. The van der Waals surface area contributed by atoms with E-state index in [-0.39, 0.29) is 0 Å². The van der Waals surface area contributed by atoms with Crippen LogP contribution in [0.25, 0.3) is 53.9 Å². The average molecular weight is 773 g/mol. The molecule has 0 spiro atoms. The summed E-state index contributed by atoms with van der Waals surface area (Å²) in [7, 11) is 0. The molecule has 12 rings (SSSR count). The van der Waals surface area contributed by atoms with Crippen LogP contribution in [0.1, 0.15) is 83.3 Å². The summed E-state index contributed by atoms with van der Waals surface area (Å²) in [4.78, 5) is 0. The molecule has 0 aromatic heterocycles. The lowest BCUT2D eigenvalue weighted by Crippen LogP contribution is -2.46. The zero-order valence-corrected chi connectivity index (χ0v) is 34.2. The highest BCUT2D eigenvalue weighted by Gasteiger charge is 2.53. The normalized spacial score (nSPS) is 19.9. The Labute approximate surface area is 350 Å². The number of hydrogen-bond acceptors (Lipinski definition) is 2. The van der Waals surface area contributed by atoms with Gasteiger partial charge in [0.05, 0.1) is 0 Å². The molecule has 2 unspecified atom stereocenters. The van der Waals surface area contributed by atoms with E-state index in [1.807, 2.05) is 48.5 Å². The maximum absolute atomic E-state index is 13.9. The summed E-state index contributed by atoms with van der Waals surface area (Å²) in [5.41, 5.74) is 5.11. The van der Waals surface area contributed by atoms with E-state index in [4.69, 9.17) is 0 Å². The van der Waals surface area contributed by atoms with Gasteiger partial charge in [-0.25, -0.2) is 0 Å². The van der Waals surface area contributed by atoms with Gasteiger partial charge in [0.15, 0.2) is 0 Å². The highest BCUT2D eigenvalue weighted by atomic mass is 16.3. The van der Waals surface area contributed by atoms with Crippen molar-refractivity contribution in [3.05, 3.63) is 238 Å². The smallest absolute Gasteiger partial charge is 0.141 e. The van der Waals surface area contributed by atoms with Crippen LogP contribution >= 0.6 is 0 Å². The molecule has 0 fully saturated rings. The second-order valence-corrected chi connectivity index (χ2v) is 18.3. The highest BCUT2D eigenvalue weighted by molar-refractivity contribution is 6.25. The Hall–Kier alpha value is -6.58. The molecule has 2 nitrogen and oxygen atoms in total. The third-order valence-corrected chi connectivity index (χ3v) is 14.6. The van der Waals surface area contributed by atoms with Crippen molar-refractivity contribution in [2.24, 2.45) is 0 Å². The zero-order chi connectivity index (χ0) is 40.8. The first-order chi connectivity index (χ1) is 29.0. The maximum atomic E-state index is 13.9. The van der Waals surface area contributed by atoms with E-state index >= 15 is 0 Å². The van der Waals surface area contributed by atoms with Crippen molar-refractivity contribution >= 4 is 53.9 Å². The molecule has 2 aliphatic carbocycles. The van der Waals surface area contributed by atoms with Crippen molar-refractivity contribution < 1.29 is 10.2 Å². The molecule has 0 heterocycles. The van der Waals surface area contributed by atoms with Crippen molar-refractivity contribution in [2.45, 2.75) is 49.7 Å². The monoisotopic (exact) mass is 772 g/mol. The highest BCUT2D eigenvalue weighted by Crippen LogP contribution is 2.59. The van der Waals surface area contributed by atoms with E-state index in [2.05, 4.69) is 161 Å². The number of fused-ring (bicyclic) bond motifs is 12. The van der Waals surface area contributed by atoms with Crippen LogP contribution in [-0.4, -0.2) is 10.2 Å². The third-order valence-electron chi connectivity index (χ3n) is 14.6. The molecule has 0 amide bonds. The SMILES string of the molecule is CC1(C)c2cc3c(cc2C(C)(C)c2cc4c5ccccc5c5ccccc5c4cc21)C(O)(c1ccc2ccccc2c1)c1ccccc1C3(O)c1ccc2ccccc2c1. The van der Waals surface area contributed by atoms with E-state index in [0.29, 0.717) is 22.3 Å². The molecule has 0 saturated heterocycles.